The number of hydrogen-bond donors (Lipinski definition) is 1. The fraction of sp³-hybridized carbons (Fsp3) is 0.136. The molecule has 5 aromatic rings. The van der Waals surface area contributed by atoms with Crippen LogP contribution >= 0.6 is 0 Å². The molecule has 0 bridgehead atoms. The Labute approximate surface area is 286 Å². The number of para-hydroxylation sites is 1. The molecule has 3 aliphatic rings. The van der Waals surface area contributed by atoms with Gasteiger partial charge in [-0.15, -0.1) is 0 Å². The first-order valence-electron chi connectivity index (χ1n) is 16.9. The average Bonchev–Trinajstić information content (AvgIpc) is 3.55. The molecule has 0 fully saturated rings. The molecular weight excluding hydrogens is 603 g/mol. The van der Waals surface area contributed by atoms with Crippen LogP contribution in [0.2, 0.25) is 0 Å². The van der Waals surface area contributed by atoms with E-state index in [0.29, 0.717) is 24.0 Å². The Morgan fingerprint density at radius 3 is 2.59 bits per heavy atom. The summed E-state index contributed by atoms with van der Waals surface area (Å²) in [5, 5.41) is 1.02. The minimum absolute atomic E-state index is 0.401. The van der Waals surface area contributed by atoms with E-state index in [-0.39, 0.29) is 0 Å². The van der Waals surface area contributed by atoms with Gasteiger partial charge in [-0.3, -0.25) is 4.99 Å². The highest BCUT2D eigenvalue weighted by Gasteiger charge is 2.29. The fourth-order valence-corrected chi connectivity index (χ4v) is 6.94. The fourth-order valence-electron chi connectivity index (χ4n) is 6.94. The normalized spacial score (nSPS) is 17.3. The standard InChI is InChI=1S/C44H37N3O2/c1-29-12-4-2-5-14-32-22-23-35(27-40(32)48-29)36-24-25-39-41(37-18-10-11-19-38(37)49-39)42(36)43(45)47-44(33-15-6-3-7-16-33)46-28-30-20-21-31-13-8-9-17-34(31)26-30/h2-7,9-12,15-23,26-27H,1,8,13-14,24-25,28H2,(H2,45,46,47)/b5-2-,12-4-. The molecule has 1 aromatic heterocycles. The number of amidine groups is 2. The van der Waals surface area contributed by atoms with E-state index >= 15 is 0 Å². The van der Waals surface area contributed by atoms with Crippen LogP contribution in [0.15, 0.2) is 148 Å². The second-order valence-electron chi connectivity index (χ2n) is 12.6. The van der Waals surface area contributed by atoms with E-state index in [9.17, 15) is 0 Å². The van der Waals surface area contributed by atoms with Crippen molar-refractivity contribution < 1.29 is 9.15 Å². The van der Waals surface area contributed by atoms with Crippen LogP contribution < -0.4 is 10.5 Å². The van der Waals surface area contributed by atoms with Gasteiger partial charge in [0, 0.05) is 28.5 Å². The molecule has 0 unspecified atom stereocenters. The molecule has 2 N–H and O–H groups in total. The molecule has 0 saturated heterocycles. The molecule has 0 amide bonds. The van der Waals surface area contributed by atoms with Crippen molar-refractivity contribution in [3.8, 4) is 5.75 Å². The molecule has 5 nitrogen and oxygen atoms in total. The number of aryl methyl sites for hydroxylation is 2. The van der Waals surface area contributed by atoms with Crippen molar-refractivity contribution in [3.63, 3.8) is 0 Å². The Kier molecular flexibility index (Phi) is 8.24. The van der Waals surface area contributed by atoms with Gasteiger partial charge in [-0.2, -0.15) is 0 Å². The molecule has 4 aromatic carbocycles. The van der Waals surface area contributed by atoms with Crippen molar-refractivity contribution in [3.05, 3.63) is 178 Å². The average molecular weight is 640 g/mol. The third kappa shape index (κ3) is 6.23. The second-order valence-corrected chi connectivity index (χ2v) is 12.6. The third-order valence-electron chi connectivity index (χ3n) is 9.36. The van der Waals surface area contributed by atoms with Crippen molar-refractivity contribution in [2.75, 3.05) is 0 Å². The zero-order valence-corrected chi connectivity index (χ0v) is 27.4. The second kappa shape index (κ2) is 13.3. The summed E-state index contributed by atoms with van der Waals surface area (Å²) in [5.74, 6) is 3.28. The quantitative estimate of drug-likeness (QED) is 0.154. The summed E-state index contributed by atoms with van der Waals surface area (Å²) in [4.78, 5) is 10.2. The van der Waals surface area contributed by atoms with Gasteiger partial charge >= 0.3 is 0 Å². The minimum Gasteiger partial charge on any atom is -0.460 e. The lowest BCUT2D eigenvalue weighted by Crippen LogP contribution is -2.21. The summed E-state index contributed by atoms with van der Waals surface area (Å²) in [6, 6.07) is 31.3. The number of furan rings is 1. The monoisotopic (exact) mass is 639 g/mol. The van der Waals surface area contributed by atoms with Gasteiger partial charge in [0.2, 0.25) is 0 Å². The SMILES string of the molecule is C=C1/C=C\C=C/Cc2ccc(C3=C(C(N)=NC(=NCc4ccc5c(c4)C=CCC5)c4ccccc4)c4c(oc5ccccc45)CC3)cc2O1. The maximum Gasteiger partial charge on any atom is 0.157 e. The first kappa shape index (κ1) is 30.4. The summed E-state index contributed by atoms with van der Waals surface area (Å²) in [7, 11) is 0. The van der Waals surface area contributed by atoms with Gasteiger partial charge < -0.3 is 14.9 Å². The predicted molar refractivity (Wildman–Crippen MR) is 202 cm³/mol. The van der Waals surface area contributed by atoms with Crippen LogP contribution in [-0.4, -0.2) is 11.7 Å². The molecule has 0 saturated carbocycles. The zero-order chi connectivity index (χ0) is 33.2. The maximum absolute atomic E-state index is 7.16. The largest absolute Gasteiger partial charge is 0.460 e. The van der Waals surface area contributed by atoms with E-state index in [0.717, 1.165) is 93.5 Å². The molecular formula is C44H37N3O2. The summed E-state index contributed by atoms with van der Waals surface area (Å²) in [6.07, 6.45) is 16.8. The molecule has 1 aliphatic heterocycles. The topological polar surface area (TPSA) is 73.1 Å². The van der Waals surface area contributed by atoms with Crippen LogP contribution in [0, 0.1) is 0 Å². The van der Waals surface area contributed by atoms with E-state index < -0.39 is 0 Å². The van der Waals surface area contributed by atoms with E-state index in [4.69, 9.17) is 24.9 Å². The molecule has 0 spiro atoms. The number of nitrogens with zero attached hydrogens (tertiary/aromatic N) is 2. The van der Waals surface area contributed by atoms with Gasteiger partial charge in [0.25, 0.3) is 0 Å². The third-order valence-corrected chi connectivity index (χ3v) is 9.36. The number of hydrogen-bond acceptors (Lipinski definition) is 3. The van der Waals surface area contributed by atoms with Gasteiger partial charge in [-0.25, -0.2) is 4.99 Å². The zero-order valence-electron chi connectivity index (χ0n) is 27.4. The van der Waals surface area contributed by atoms with Crippen molar-refractivity contribution in [1.29, 1.82) is 0 Å². The van der Waals surface area contributed by atoms with Crippen LogP contribution in [0.5, 0.6) is 5.75 Å². The van der Waals surface area contributed by atoms with Crippen LogP contribution in [0.4, 0.5) is 0 Å². The van der Waals surface area contributed by atoms with Gasteiger partial charge in [0.15, 0.2) is 5.84 Å². The Morgan fingerprint density at radius 2 is 1.67 bits per heavy atom. The van der Waals surface area contributed by atoms with Crippen molar-refractivity contribution in [2.24, 2.45) is 15.7 Å². The van der Waals surface area contributed by atoms with Gasteiger partial charge in [0.1, 0.15) is 28.7 Å². The predicted octanol–water partition coefficient (Wildman–Crippen LogP) is 9.81. The summed E-state index contributed by atoms with van der Waals surface area (Å²) >= 11 is 0. The minimum atomic E-state index is 0.401. The molecule has 8 rings (SSSR count). The lowest BCUT2D eigenvalue weighted by Gasteiger charge is -2.22. The van der Waals surface area contributed by atoms with Crippen molar-refractivity contribution in [2.45, 2.75) is 38.6 Å². The van der Waals surface area contributed by atoms with Crippen molar-refractivity contribution >= 4 is 39.9 Å². The molecule has 49 heavy (non-hydrogen) atoms. The number of benzene rings is 4. The molecule has 2 heterocycles. The van der Waals surface area contributed by atoms with Crippen LogP contribution in [0.25, 0.3) is 28.2 Å². The molecule has 2 aliphatic carbocycles. The van der Waals surface area contributed by atoms with Gasteiger partial charge in [-0.1, -0.05) is 110 Å². The highest BCUT2D eigenvalue weighted by molar-refractivity contribution is 6.34. The van der Waals surface area contributed by atoms with Crippen LogP contribution in [0.1, 0.15) is 57.5 Å². The van der Waals surface area contributed by atoms with Crippen LogP contribution in [-0.2, 0) is 25.8 Å². The number of rotatable bonds is 5. The Balaban J connectivity index is 1.27. The number of nitrogens with two attached hydrogens (primary N) is 1. The molecule has 0 radical (unpaired) electrons. The Bertz CT molecular complexity index is 2280. The van der Waals surface area contributed by atoms with Crippen molar-refractivity contribution in [1.82, 2.24) is 0 Å². The Hall–Kier alpha value is -5.94. The van der Waals surface area contributed by atoms with E-state index in [1.54, 1.807) is 0 Å². The number of ether oxygens (including phenoxy) is 1. The number of allylic oxidation sites excluding steroid dienone is 6. The Morgan fingerprint density at radius 1 is 0.816 bits per heavy atom. The van der Waals surface area contributed by atoms with Gasteiger partial charge in [-0.05, 0) is 83.3 Å². The lowest BCUT2D eigenvalue weighted by molar-refractivity contribution is 0.442. The highest BCUT2D eigenvalue weighted by Crippen LogP contribution is 2.43. The van der Waals surface area contributed by atoms with E-state index in [1.165, 1.54) is 11.1 Å². The number of fused-ring (bicyclic) bond motifs is 5. The summed E-state index contributed by atoms with van der Waals surface area (Å²) in [5.41, 5.74) is 17.8. The molecule has 5 heteroatoms. The van der Waals surface area contributed by atoms with E-state index in [1.807, 2.05) is 66.8 Å². The van der Waals surface area contributed by atoms with E-state index in [2.05, 4.69) is 67.3 Å². The molecule has 240 valence electrons. The smallest absolute Gasteiger partial charge is 0.157 e. The molecule has 0 atom stereocenters. The highest BCUT2D eigenvalue weighted by atomic mass is 16.5. The van der Waals surface area contributed by atoms with Crippen LogP contribution in [0.3, 0.4) is 0 Å². The first-order chi connectivity index (χ1) is 24.1. The number of aliphatic imine (C=N–C) groups is 2. The maximum atomic E-state index is 7.16. The first-order valence-corrected chi connectivity index (χ1v) is 16.9. The lowest BCUT2D eigenvalue weighted by atomic mass is 9.84. The van der Waals surface area contributed by atoms with Gasteiger partial charge in [0.05, 0.1) is 6.54 Å². The summed E-state index contributed by atoms with van der Waals surface area (Å²) in [6.45, 7) is 4.59. The summed E-state index contributed by atoms with van der Waals surface area (Å²) < 4.78 is 12.7.